The molecule has 0 bridgehead atoms. The molecule has 1 atom stereocenters. The fraction of sp³-hybridized carbons (Fsp3) is 0.357. The van der Waals surface area contributed by atoms with Crippen molar-refractivity contribution in [1.82, 2.24) is 15.1 Å². The number of hydrogen-bond acceptors (Lipinski definition) is 3. The molecule has 1 aliphatic heterocycles. The van der Waals surface area contributed by atoms with Gasteiger partial charge in [-0.25, -0.2) is 0 Å². The number of alkyl halides is 3. The number of carboxylic acids is 1. The van der Waals surface area contributed by atoms with E-state index in [1.54, 1.807) is 24.3 Å². The van der Waals surface area contributed by atoms with E-state index in [1.807, 2.05) is 0 Å². The molecular weight excluding hydrogens is 315 g/mol. The summed E-state index contributed by atoms with van der Waals surface area (Å²) in [7, 11) is 0. The lowest BCUT2D eigenvalue weighted by Gasteiger charge is -2.27. The van der Waals surface area contributed by atoms with Gasteiger partial charge in [-0.15, -0.1) is 0 Å². The lowest BCUT2D eigenvalue weighted by molar-refractivity contribution is -0.227. The fourth-order valence-electron chi connectivity index (χ4n) is 2.79. The first-order valence-electron chi connectivity index (χ1n) is 6.79. The first-order valence-corrected chi connectivity index (χ1v) is 6.79. The molecule has 0 saturated carbocycles. The van der Waals surface area contributed by atoms with Crippen LogP contribution in [-0.2, 0) is 4.79 Å². The predicted octanol–water partition coefficient (Wildman–Crippen LogP) is 2.04. The molecule has 6 nitrogen and oxygen atoms in total. The number of rotatable bonds is 2. The summed E-state index contributed by atoms with van der Waals surface area (Å²) in [5, 5.41) is 16.0. The molecule has 122 valence electrons. The molecular formula is C14H12F3N3O3. The average Bonchev–Trinajstić information content (AvgIpc) is 3.11. The number of carbonyl (C=O) groups is 2. The van der Waals surface area contributed by atoms with E-state index in [9.17, 15) is 22.8 Å². The Kier molecular flexibility index (Phi) is 3.31. The highest BCUT2D eigenvalue weighted by atomic mass is 19.4. The van der Waals surface area contributed by atoms with Gasteiger partial charge in [0.1, 0.15) is 0 Å². The predicted molar refractivity (Wildman–Crippen MR) is 72.7 cm³/mol. The first kappa shape index (κ1) is 15.3. The Labute approximate surface area is 127 Å². The smallest absolute Gasteiger partial charge is 0.406 e. The van der Waals surface area contributed by atoms with Gasteiger partial charge in [-0.05, 0) is 12.5 Å². The van der Waals surface area contributed by atoms with Crippen LogP contribution in [0, 0.1) is 5.41 Å². The molecule has 1 fully saturated rings. The van der Waals surface area contributed by atoms with Crippen molar-refractivity contribution in [3.05, 3.63) is 30.0 Å². The fourth-order valence-corrected chi connectivity index (χ4v) is 2.79. The molecule has 0 aliphatic carbocycles. The molecule has 23 heavy (non-hydrogen) atoms. The highest BCUT2D eigenvalue weighted by Gasteiger charge is 2.64. The van der Waals surface area contributed by atoms with Crippen molar-refractivity contribution in [2.45, 2.75) is 12.6 Å². The zero-order valence-corrected chi connectivity index (χ0v) is 11.7. The molecule has 0 radical (unpaired) electrons. The topological polar surface area (TPSA) is 86.3 Å². The Balaban J connectivity index is 1.92. The minimum Gasteiger partial charge on any atom is -0.481 e. The largest absolute Gasteiger partial charge is 0.481 e. The van der Waals surface area contributed by atoms with Gasteiger partial charge in [0, 0.05) is 18.5 Å². The lowest BCUT2D eigenvalue weighted by Crippen LogP contribution is -2.47. The maximum Gasteiger partial charge on any atom is 0.406 e. The molecule has 1 aromatic heterocycles. The number of amides is 1. The number of para-hydroxylation sites is 1. The summed E-state index contributed by atoms with van der Waals surface area (Å²) in [6.07, 6.45) is -5.60. The third kappa shape index (κ3) is 2.23. The summed E-state index contributed by atoms with van der Waals surface area (Å²) in [5.41, 5.74) is -2.35. The van der Waals surface area contributed by atoms with Crippen molar-refractivity contribution in [1.29, 1.82) is 0 Å². The Morgan fingerprint density at radius 2 is 2.00 bits per heavy atom. The van der Waals surface area contributed by atoms with Gasteiger partial charge in [0.25, 0.3) is 5.91 Å². The van der Waals surface area contributed by atoms with Gasteiger partial charge in [0.2, 0.25) is 0 Å². The SMILES string of the molecule is O=C(c1n[nH]c2ccccc12)N1CCC(C(=O)O)(C(F)(F)F)C1. The van der Waals surface area contributed by atoms with Crippen LogP contribution in [0.15, 0.2) is 24.3 Å². The minimum absolute atomic E-state index is 0.0102. The second-order valence-electron chi connectivity index (χ2n) is 5.48. The zero-order valence-electron chi connectivity index (χ0n) is 11.7. The minimum atomic E-state index is -4.93. The highest BCUT2D eigenvalue weighted by molar-refractivity contribution is 6.05. The Morgan fingerprint density at radius 1 is 1.30 bits per heavy atom. The van der Waals surface area contributed by atoms with Gasteiger partial charge < -0.3 is 10.0 Å². The third-order valence-electron chi connectivity index (χ3n) is 4.18. The molecule has 2 N–H and O–H groups in total. The summed E-state index contributed by atoms with van der Waals surface area (Å²) in [5.74, 6) is -2.68. The van der Waals surface area contributed by atoms with Gasteiger partial charge >= 0.3 is 12.1 Å². The molecule has 9 heteroatoms. The number of hydrogen-bond donors (Lipinski definition) is 2. The van der Waals surface area contributed by atoms with E-state index in [-0.39, 0.29) is 12.2 Å². The Morgan fingerprint density at radius 3 is 2.61 bits per heavy atom. The maximum atomic E-state index is 13.2. The van der Waals surface area contributed by atoms with Gasteiger partial charge in [-0.1, -0.05) is 18.2 Å². The number of benzene rings is 1. The number of nitrogens with one attached hydrogen (secondary N) is 1. The lowest BCUT2D eigenvalue weighted by atomic mass is 9.86. The van der Waals surface area contributed by atoms with E-state index in [0.29, 0.717) is 10.9 Å². The second-order valence-corrected chi connectivity index (χ2v) is 5.48. The Hall–Kier alpha value is -2.58. The van der Waals surface area contributed by atoms with Crippen LogP contribution >= 0.6 is 0 Å². The average molecular weight is 327 g/mol. The van der Waals surface area contributed by atoms with Crippen molar-refractivity contribution >= 4 is 22.8 Å². The zero-order chi connectivity index (χ0) is 16.8. The number of aromatic nitrogens is 2. The van der Waals surface area contributed by atoms with Crippen LogP contribution in [-0.4, -0.2) is 51.3 Å². The van der Waals surface area contributed by atoms with E-state index < -0.39 is 36.4 Å². The van der Waals surface area contributed by atoms with E-state index >= 15 is 0 Å². The van der Waals surface area contributed by atoms with Gasteiger partial charge in [0.05, 0.1) is 5.52 Å². The van der Waals surface area contributed by atoms with Gasteiger partial charge in [-0.3, -0.25) is 14.7 Å². The maximum absolute atomic E-state index is 13.2. The summed E-state index contributed by atoms with van der Waals surface area (Å²) in [4.78, 5) is 24.5. The molecule has 1 unspecified atom stereocenters. The van der Waals surface area contributed by atoms with Crippen molar-refractivity contribution in [3.63, 3.8) is 0 Å². The summed E-state index contributed by atoms with van der Waals surface area (Å²) < 4.78 is 39.5. The van der Waals surface area contributed by atoms with Crippen molar-refractivity contribution in [2.24, 2.45) is 5.41 Å². The molecule has 2 heterocycles. The third-order valence-corrected chi connectivity index (χ3v) is 4.18. The number of H-pyrrole nitrogens is 1. The normalized spacial score (nSPS) is 21.8. The molecule has 3 rings (SSSR count). The number of aliphatic carboxylic acids is 1. The quantitative estimate of drug-likeness (QED) is 0.884. The highest BCUT2D eigenvalue weighted by Crippen LogP contribution is 2.46. The number of fused-ring (bicyclic) bond motifs is 1. The number of nitrogens with zero attached hydrogens (tertiary/aromatic N) is 2. The summed E-state index contributed by atoms with van der Waals surface area (Å²) in [6.45, 7) is -1.20. The molecule has 2 aromatic rings. The number of aromatic amines is 1. The van der Waals surface area contributed by atoms with Crippen LogP contribution < -0.4 is 0 Å². The van der Waals surface area contributed by atoms with E-state index in [1.165, 1.54) is 0 Å². The Bertz CT molecular complexity index is 786. The number of likely N-dealkylation sites (tertiary alicyclic amines) is 1. The standard InChI is InChI=1S/C14H12F3N3O3/c15-14(16,17)13(12(22)23)5-6-20(7-13)11(21)10-8-3-1-2-4-9(8)18-19-10/h1-4H,5-7H2,(H,18,19)(H,22,23). The molecule has 1 saturated heterocycles. The van der Waals surface area contributed by atoms with Crippen molar-refractivity contribution in [3.8, 4) is 0 Å². The van der Waals surface area contributed by atoms with E-state index in [2.05, 4.69) is 10.2 Å². The second kappa shape index (κ2) is 4.97. The van der Waals surface area contributed by atoms with Crippen molar-refractivity contribution in [2.75, 3.05) is 13.1 Å². The molecule has 0 spiro atoms. The number of halogens is 3. The van der Waals surface area contributed by atoms with Crippen molar-refractivity contribution < 1.29 is 27.9 Å². The van der Waals surface area contributed by atoms with Crippen LogP contribution in [0.25, 0.3) is 10.9 Å². The number of carbonyl (C=O) groups excluding carboxylic acids is 1. The van der Waals surface area contributed by atoms with Gasteiger partial charge in [0.15, 0.2) is 11.1 Å². The van der Waals surface area contributed by atoms with Crippen LogP contribution in [0.3, 0.4) is 0 Å². The van der Waals surface area contributed by atoms with Gasteiger partial charge in [-0.2, -0.15) is 18.3 Å². The van der Waals surface area contributed by atoms with Crippen LogP contribution in [0.1, 0.15) is 16.9 Å². The van der Waals surface area contributed by atoms with E-state index in [0.717, 1.165) is 4.90 Å². The van der Waals surface area contributed by atoms with E-state index in [4.69, 9.17) is 5.11 Å². The molecule has 1 amide bonds. The molecule has 1 aliphatic rings. The summed E-state index contributed by atoms with van der Waals surface area (Å²) in [6, 6.07) is 6.70. The van der Waals surface area contributed by atoms with Crippen LogP contribution in [0.2, 0.25) is 0 Å². The van der Waals surface area contributed by atoms with Crippen LogP contribution in [0.4, 0.5) is 13.2 Å². The van der Waals surface area contributed by atoms with Crippen LogP contribution in [0.5, 0.6) is 0 Å². The first-order chi connectivity index (χ1) is 10.8. The monoisotopic (exact) mass is 327 g/mol. The molecule has 1 aromatic carbocycles. The summed E-state index contributed by atoms with van der Waals surface area (Å²) >= 11 is 0. The number of carboxylic acid groups (broad SMARTS) is 1.